The fourth-order valence-corrected chi connectivity index (χ4v) is 4.02. The Labute approximate surface area is 139 Å². The van der Waals surface area contributed by atoms with Crippen LogP contribution in [-0.2, 0) is 15.0 Å². The van der Waals surface area contributed by atoms with Crippen molar-refractivity contribution in [2.24, 2.45) is 0 Å². The van der Waals surface area contributed by atoms with E-state index in [2.05, 4.69) is 26.2 Å². The molecule has 0 unspecified atom stereocenters. The zero-order valence-corrected chi connectivity index (χ0v) is 13.9. The summed E-state index contributed by atoms with van der Waals surface area (Å²) in [5.41, 5.74) is 7.09. The molecule has 4 rings (SSSR count). The SMILES string of the molecule is CC(=O)C1=C(C)NC(=O)[C@@]12c1cc(Br)ccc1-c1oc(N)nc12. The fraction of sp³-hybridized carbons (Fsp3) is 0.188. The number of nitrogens with zero attached hydrogens (tertiary/aromatic N) is 1. The molecule has 1 aromatic heterocycles. The van der Waals surface area contributed by atoms with E-state index in [1.807, 2.05) is 18.2 Å². The van der Waals surface area contributed by atoms with Gasteiger partial charge in [0.25, 0.3) is 6.01 Å². The minimum absolute atomic E-state index is 0.0248. The van der Waals surface area contributed by atoms with Gasteiger partial charge in [0.2, 0.25) is 5.91 Å². The maximum Gasteiger partial charge on any atom is 0.292 e. The molecule has 0 bridgehead atoms. The Morgan fingerprint density at radius 2 is 2.17 bits per heavy atom. The summed E-state index contributed by atoms with van der Waals surface area (Å²) in [7, 11) is 0. The number of allylic oxidation sites excluding steroid dienone is 1. The molecule has 116 valence electrons. The molecule has 1 atom stereocenters. The number of amides is 1. The number of benzene rings is 1. The highest BCUT2D eigenvalue weighted by Gasteiger charge is 2.60. The first-order valence-corrected chi connectivity index (χ1v) is 7.77. The van der Waals surface area contributed by atoms with Crippen molar-refractivity contribution in [2.75, 3.05) is 5.73 Å². The molecule has 1 spiro atoms. The number of hydrogen-bond donors (Lipinski definition) is 2. The number of halogens is 1. The highest BCUT2D eigenvalue weighted by atomic mass is 79.9. The Hall–Kier alpha value is -2.41. The normalized spacial score (nSPS) is 21.6. The van der Waals surface area contributed by atoms with Crippen molar-refractivity contribution in [3.63, 3.8) is 0 Å². The quantitative estimate of drug-likeness (QED) is 0.798. The molecule has 0 fully saturated rings. The number of oxazole rings is 1. The average Bonchev–Trinajstić information content (AvgIpc) is 3.03. The summed E-state index contributed by atoms with van der Waals surface area (Å²) in [6.07, 6.45) is 0. The Balaban J connectivity index is 2.19. The van der Waals surface area contributed by atoms with Crippen LogP contribution in [0.15, 0.2) is 38.4 Å². The third-order valence-electron chi connectivity index (χ3n) is 4.37. The third kappa shape index (κ3) is 1.55. The van der Waals surface area contributed by atoms with E-state index in [0.29, 0.717) is 28.3 Å². The first-order chi connectivity index (χ1) is 10.9. The molecule has 1 aromatic carbocycles. The molecule has 6 nitrogen and oxygen atoms in total. The van der Waals surface area contributed by atoms with Crippen molar-refractivity contribution in [3.05, 3.63) is 45.2 Å². The van der Waals surface area contributed by atoms with Crippen molar-refractivity contribution in [3.8, 4) is 11.3 Å². The molecule has 1 aliphatic heterocycles. The smallest absolute Gasteiger partial charge is 0.292 e. The van der Waals surface area contributed by atoms with E-state index in [-0.39, 0.29) is 17.7 Å². The monoisotopic (exact) mass is 373 g/mol. The minimum atomic E-state index is -1.30. The third-order valence-corrected chi connectivity index (χ3v) is 4.87. The molecule has 7 heteroatoms. The number of carbonyl (C=O) groups is 2. The summed E-state index contributed by atoms with van der Waals surface area (Å²) in [4.78, 5) is 29.5. The maximum absolute atomic E-state index is 12.9. The molecule has 2 aliphatic rings. The van der Waals surface area contributed by atoms with Crippen molar-refractivity contribution in [1.29, 1.82) is 0 Å². The van der Waals surface area contributed by atoms with Gasteiger partial charge in [-0.25, -0.2) is 0 Å². The second-order valence-corrected chi connectivity index (χ2v) is 6.60. The predicted octanol–water partition coefficient (Wildman–Crippen LogP) is 2.28. The molecule has 2 heterocycles. The van der Waals surface area contributed by atoms with E-state index in [0.717, 1.165) is 10.0 Å². The predicted molar refractivity (Wildman–Crippen MR) is 86.4 cm³/mol. The number of anilines is 1. The topological polar surface area (TPSA) is 98.2 Å². The van der Waals surface area contributed by atoms with Crippen molar-refractivity contribution >= 4 is 33.6 Å². The van der Waals surface area contributed by atoms with Crippen LogP contribution in [0.4, 0.5) is 6.01 Å². The highest BCUT2D eigenvalue weighted by Crippen LogP contribution is 2.56. The van der Waals surface area contributed by atoms with Gasteiger partial charge in [-0.3, -0.25) is 9.59 Å². The zero-order valence-electron chi connectivity index (χ0n) is 12.4. The molecule has 3 N–H and O–H groups in total. The molecule has 23 heavy (non-hydrogen) atoms. The standard InChI is InChI=1S/C16H12BrN3O3/c1-6-11(7(2)21)16(14(22)19-6)10-5-8(17)3-4-9(10)12-13(16)20-15(18)23-12/h3-5H,1-2H3,(H2,18,20)(H,19,22)/t16-/m0/s1. The van der Waals surface area contributed by atoms with Gasteiger partial charge in [-0.05, 0) is 37.6 Å². The summed E-state index contributed by atoms with van der Waals surface area (Å²) in [5, 5.41) is 2.77. The van der Waals surface area contributed by atoms with Crippen molar-refractivity contribution < 1.29 is 14.0 Å². The van der Waals surface area contributed by atoms with Crippen LogP contribution in [0.1, 0.15) is 25.1 Å². The Morgan fingerprint density at radius 3 is 2.87 bits per heavy atom. The van der Waals surface area contributed by atoms with Crippen LogP contribution in [0.25, 0.3) is 11.3 Å². The number of fused-ring (bicyclic) bond motifs is 5. The van der Waals surface area contributed by atoms with Crippen LogP contribution in [0.2, 0.25) is 0 Å². The van der Waals surface area contributed by atoms with Crippen molar-refractivity contribution in [1.82, 2.24) is 10.3 Å². The Kier molecular flexibility index (Phi) is 2.67. The number of nitrogen functional groups attached to an aromatic ring is 1. The van der Waals surface area contributed by atoms with Gasteiger partial charge in [0.05, 0.1) is 0 Å². The van der Waals surface area contributed by atoms with E-state index in [9.17, 15) is 9.59 Å². The van der Waals surface area contributed by atoms with E-state index in [1.54, 1.807) is 6.92 Å². The number of rotatable bonds is 1. The molecule has 0 saturated heterocycles. The summed E-state index contributed by atoms with van der Waals surface area (Å²) in [5.74, 6) is -0.0682. The second kappa shape index (κ2) is 4.32. The number of ketones is 1. The second-order valence-electron chi connectivity index (χ2n) is 5.68. The van der Waals surface area contributed by atoms with Crippen molar-refractivity contribution in [2.45, 2.75) is 19.3 Å². The molecular formula is C16H12BrN3O3. The van der Waals surface area contributed by atoms with Gasteiger partial charge in [-0.1, -0.05) is 15.9 Å². The number of aromatic nitrogens is 1. The van der Waals surface area contributed by atoms with Crippen LogP contribution in [0.5, 0.6) is 0 Å². The molecule has 1 amide bonds. The first kappa shape index (κ1) is 14.2. The van der Waals surface area contributed by atoms with Gasteiger partial charge in [-0.2, -0.15) is 4.98 Å². The van der Waals surface area contributed by atoms with E-state index < -0.39 is 5.41 Å². The number of nitrogens with two attached hydrogens (primary N) is 1. The molecular weight excluding hydrogens is 362 g/mol. The summed E-state index contributed by atoms with van der Waals surface area (Å²) in [6.45, 7) is 3.16. The molecule has 0 saturated carbocycles. The lowest BCUT2D eigenvalue weighted by Crippen LogP contribution is -2.40. The van der Waals surface area contributed by atoms with Gasteiger partial charge >= 0.3 is 0 Å². The Morgan fingerprint density at radius 1 is 1.43 bits per heavy atom. The summed E-state index contributed by atoms with van der Waals surface area (Å²) < 4.78 is 6.33. The number of carbonyl (C=O) groups excluding carboxylic acids is 2. The number of Topliss-reactive ketones (excluding diaryl/α,β-unsaturated/α-hetero) is 1. The van der Waals surface area contributed by atoms with Gasteiger partial charge < -0.3 is 15.5 Å². The lowest BCUT2D eigenvalue weighted by molar-refractivity contribution is -0.124. The van der Waals surface area contributed by atoms with Crippen LogP contribution in [0, 0.1) is 0 Å². The zero-order chi connectivity index (χ0) is 16.5. The van der Waals surface area contributed by atoms with Crippen LogP contribution >= 0.6 is 15.9 Å². The van der Waals surface area contributed by atoms with E-state index in [1.165, 1.54) is 6.92 Å². The maximum atomic E-state index is 12.9. The number of hydrogen-bond acceptors (Lipinski definition) is 5. The lowest BCUT2D eigenvalue weighted by Gasteiger charge is -2.24. The van der Waals surface area contributed by atoms with E-state index in [4.69, 9.17) is 10.2 Å². The van der Waals surface area contributed by atoms with Crippen LogP contribution in [0.3, 0.4) is 0 Å². The molecule has 1 aliphatic carbocycles. The minimum Gasteiger partial charge on any atom is -0.423 e. The van der Waals surface area contributed by atoms with Crippen LogP contribution < -0.4 is 11.1 Å². The largest absolute Gasteiger partial charge is 0.423 e. The summed E-state index contributed by atoms with van der Waals surface area (Å²) >= 11 is 3.43. The fourth-order valence-electron chi connectivity index (χ4n) is 3.66. The van der Waals surface area contributed by atoms with Gasteiger partial charge in [-0.15, -0.1) is 0 Å². The lowest BCUT2D eigenvalue weighted by atomic mass is 9.73. The molecule has 2 aromatic rings. The van der Waals surface area contributed by atoms with Gasteiger partial charge in [0.15, 0.2) is 17.0 Å². The first-order valence-electron chi connectivity index (χ1n) is 6.98. The van der Waals surface area contributed by atoms with E-state index >= 15 is 0 Å². The van der Waals surface area contributed by atoms with Gasteiger partial charge in [0.1, 0.15) is 5.69 Å². The highest BCUT2D eigenvalue weighted by molar-refractivity contribution is 9.10. The average molecular weight is 374 g/mol. The van der Waals surface area contributed by atoms with Gasteiger partial charge in [0, 0.05) is 21.3 Å². The van der Waals surface area contributed by atoms with Crippen LogP contribution in [-0.4, -0.2) is 16.7 Å². The Bertz CT molecular complexity index is 944. The number of nitrogens with one attached hydrogen (secondary N) is 1. The molecule has 0 radical (unpaired) electrons. The summed E-state index contributed by atoms with van der Waals surface area (Å²) in [6, 6.07) is 5.47.